The van der Waals surface area contributed by atoms with Crippen molar-refractivity contribution in [3.05, 3.63) is 63.3 Å². The van der Waals surface area contributed by atoms with Crippen molar-refractivity contribution in [1.82, 2.24) is 14.4 Å². The Morgan fingerprint density at radius 2 is 1.97 bits per heavy atom. The van der Waals surface area contributed by atoms with Crippen molar-refractivity contribution in [2.75, 3.05) is 6.54 Å². The van der Waals surface area contributed by atoms with Crippen LogP contribution in [0.5, 0.6) is 5.75 Å². The second-order valence-electron chi connectivity index (χ2n) is 7.51. The Balaban J connectivity index is 1.74. The Morgan fingerprint density at radius 3 is 2.62 bits per heavy atom. The number of hydrogen-bond acceptors (Lipinski definition) is 5. The lowest BCUT2D eigenvalue weighted by Crippen LogP contribution is -2.63. The molecule has 0 aliphatic carbocycles. The first-order valence-corrected chi connectivity index (χ1v) is 9.35. The van der Waals surface area contributed by atoms with Crippen LogP contribution in [0.15, 0.2) is 35.3 Å². The van der Waals surface area contributed by atoms with Gasteiger partial charge in [0.25, 0.3) is 11.8 Å². The first-order chi connectivity index (χ1) is 13.8. The molecule has 1 aromatic heterocycles. The molecule has 2 aliphatic heterocycles. The van der Waals surface area contributed by atoms with Crippen molar-refractivity contribution in [3.8, 4) is 5.75 Å². The molecular formula is C20H21FN4O4. The van der Waals surface area contributed by atoms with E-state index in [0.29, 0.717) is 13.0 Å². The number of benzene rings is 1. The summed E-state index contributed by atoms with van der Waals surface area (Å²) >= 11 is 0. The minimum atomic E-state index is -0.962. The van der Waals surface area contributed by atoms with Gasteiger partial charge in [-0.05, 0) is 31.0 Å². The Labute approximate surface area is 165 Å². The van der Waals surface area contributed by atoms with Gasteiger partial charge in [0.1, 0.15) is 17.5 Å². The number of carbonyl (C=O) groups excluding carboxylic acids is 2. The van der Waals surface area contributed by atoms with E-state index in [1.807, 2.05) is 6.92 Å². The molecule has 0 bridgehead atoms. The largest absolute Gasteiger partial charge is 0.503 e. The summed E-state index contributed by atoms with van der Waals surface area (Å²) in [5.41, 5.74) is 4.72. The van der Waals surface area contributed by atoms with Crippen LogP contribution in [0.3, 0.4) is 0 Å². The Morgan fingerprint density at radius 1 is 1.28 bits per heavy atom. The molecule has 2 atom stereocenters. The molecule has 1 fully saturated rings. The average molecular weight is 400 g/mol. The van der Waals surface area contributed by atoms with Gasteiger partial charge in [0.2, 0.25) is 5.43 Å². The lowest BCUT2D eigenvalue weighted by atomic mass is 10.0. The van der Waals surface area contributed by atoms with E-state index in [1.165, 1.54) is 22.9 Å². The number of amides is 2. The highest BCUT2D eigenvalue weighted by molar-refractivity contribution is 5.98. The van der Waals surface area contributed by atoms with Gasteiger partial charge in [-0.25, -0.2) is 4.39 Å². The second kappa shape index (κ2) is 7.00. The predicted molar refractivity (Wildman–Crippen MR) is 102 cm³/mol. The van der Waals surface area contributed by atoms with E-state index in [4.69, 9.17) is 5.73 Å². The molecule has 0 spiro atoms. The number of nitrogens with zero attached hydrogens (tertiary/aromatic N) is 3. The minimum absolute atomic E-state index is 0.0870. The van der Waals surface area contributed by atoms with Gasteiger partial charge in [-0.3, -0.25) is 19.3 Å². The van der Waals surface area contributed by atoms with Gasteiger partial charge in [0.15, 0.2) is 11.4 Å². The molecule has 152 valence electrons. The molecule has 8 nitrogen and oxygen atoms in total. The Kier molecular flexibility index (Phi) is 4.62. The fourth-order valence-electron chi connectivity index (χ4n) is 4.15. The van der Waals surface area contributed by atoms with Crippen molar-refractivity contribution >= 4 is 11.8 Å². The van der Waals surface area contributed by atoms with E-state index >= 15 is 0 Å². The summed E-state index contributed by atoms with van der Waals surface area (Å²) in [6.45, 7) is 3.41. The first-order valence-electron chi connectivity index (χ1n) is 9.35. The van der Waals surface area contributed by atoms with E-state index in [-0.39, 0.29) is 35.8 Å². The highest BCUT2D eigenvalue weighted by Crippen LogP contribution is 2.31. The number of hydrogen-bond donors (Lipinski definition) is 2. The van der Waals surface area contributed by atoms with E-state index in [1.54, 1.807) is 17.0 Å². The number of rotatable bonds is 3. The topological polar surface area (TPSA) is 109 Å². The van der Waals surface area contributed by atoms with Gasteiger partial charge in [0, 0.05) is 25.3 Å². The van der Waals surface area contributed by atoms with Gasteiger partial charge >= 0.3 is 0 Å². The van der Waals surface area contributed by atoms with Crippen LogP contribution in [0.25, 0.3) is 0 Å². The number of aromatic hydroxyl groups is 1. The summed E-state index contributed by atoms with van der Waals surface area (Å²) in [4.78, 5) is 40.7. The lowest BCUT2D eigenvalue weighted by Gasteiger charge is -2.50. The van der Waals surface area contributed by atoms with Gasteiger partial charge in [0.05, 0.1) is 6.54 Å². The molecule has 3 heterocycles. The van der Waals surface area contributed by atoms with Crippen molar-refractivity contribution in [1.29, 1.82) is 0 Å². The van der Waals surface area contributed by atoms with Crippen molar-refractivity contribution < 1.29 is 19.1 Å². The fourth-order valence-corrected chi connectivity index (χ4v) is 4.15. The average Bonchev–Trinajstić information content (AvgIpc) is 2.68. The standard InChI is InChI=1S/C20H21FN4O4/c1-11-6-7-23(8-12-2-4-13(21)5-3-12)15-10-24-9-14(19(22)28)17(26)18(27)16(24)20(29)25(11)15/h2-5,9,11,15,27H,6-8,10H2,1H3,(H2,22,28). The van der Waals surface area contributed by atoms with Gasteiger partial charge in [-0.2, -0.15) is 0 Å². The van der Waals surface area contributed by atoms with E-state index in [9.17, 15) is 23.9 Å². The molecular weight excluding hydrogens is 379 g/mol. The number of primary amides is 1. The molecule has 2 amide bonds. The van der Waals surface area contributed by atoms with Crippen LogP contribution in [-0.4, -0.2) is 50.0 Å². The number of carbonyl (C=O) groups is 2. The SMILES string of the molecule is CC1CCN(Cc2ccc(F)cc2)C2Cn3cc(C(N)=O)c(=O)c(O)c3C(=O)N12. The van der Waals surface area contributed by atoms with Gasteiger partial charge < -0.3 is 20.3 Å². The van der Waals surface area contributed by atoms with E-state index in [0.717, 1.165) is 12.1 Å². The molecule has 0 saturated carbocycles. The van der Waals surface area contributed by atoms with Gasteiger partial charge in [-0.1, -0.05) is 12.1 Å². The van der Waals surface area contributed by atoms with Crippen LogP contribution in [-0.2, 0) is 13.1 Å². The number of halogens is 1. The van der Waals surface area contributed by atoms with Crippen LogP contribution in [0.4, 0.5) is 4.39 Å². The third-order valence-electron chi connectivity index (χ3n) is 5.67. The van der Waals surface area contributed by atoms with Crippen LogP contribution in [0.1, 0.15) is 39.8 Å². The normalized spacial score (nSPS) is 21.6. The zero-order valence-corrected chi connectivity index (χ0v) is 15.8. The van der Waals surface area contributed by atoms with E-state index in [2.05, 4.69) is 4.90 Å². The summed E-state index contributed by atoms with van der Waals surface area (Å²) in [5.74, 6) is -2.51. The summed E-state index contributed by atoms with van der Waals surface area (Å²) in [7, 11) is 0. The molecule has 29 heavy (non-hydrogen) atoms. The molecule has 3 N–H and O–H groups in total. The highest BCUT2D eigenvalue weighted by Gasteiger charge is 2.43. The molecule has 1 saturated heterocycles. The number of aromatic nitrogens is 1. The zero-order chi connectivity index (χ0) is 20.9. The molecule has 9 heteroatoms. The Hall–Kier alpha value is -3.20. The predicted octanol–water partition coefficient (Wildman–Crippen LogP) is 0.868. The molecule has 2 unspecified atom stereocenters. The molecule has 1 aromatic carbocycles. The fraction of sp³-hybridized carbons (Fsp3) is 0.350. The van der Waals surface area contributed by atoms with Gasteiger partial charge in [-0.15, -0.1) is 0 Å². The quantitative estimate of drug-likeness (QED) is 0.795. The van der Waals surface area contributed by atoms with Crippen molar-refractivity contribution in [3.63, 3.8) is 0 Å². The number of nitrogens with two attached hydrogens (primary N) is 1. The maximum Gasteiger partial charge on any atom is 0.276 e. The number of pyridine rings is 1. The van der Waals surface area contributed by atoms with E-state index < -0.39 is 23.0 Å². The highest BCUT2D eigenvalue weighted by atomic mass is 19.1. The van der Waals surface area contributed by atoms with Crippen LogP contribution in [0, 0.1) is 5.82 Å². The van der Waals surface area contributed by atoms with Crippen molar-refractivity contribution in [2.45, 2.75) is 38.6 Å². The summed E-state index contributed by atoms with van der Waals surface area (Å²) in [6.07, 6.45) is 1.62. The zero-order valence-electron chi connectivity index (χ0n) is 15.8. The van der Waals surface area contributed by atoms with Crippen LogP contribution in [0.2, 0.25) is 0 Å². The second-order valence-corrected chi connectivity index (χ2v) is 7.51. The molecule has 4 rings (SSSR count). The minimum Gasteiger partial charge on any atom is -0.503 e. The maximum absolute atomic E-state index is 13.2. The summed E-state index contributed by atoms with van der Waals surface area (Å²) < 4.78 is 14.6. The Bertz CT molecular complexity index is 1050. The maximum atomic E-state index is 13.2. The number of fused-ring (bicyclic) bond motifs is 2. The lowest BCUT2D eigenvalue weighted by molar-refractivity contribution is -0.0363. The summed E-state index contributed by atoms with van der Waals surface area (Å²) in [5, 5.41) is 10.3. The smallest absolute Gasteiger partial charge is 0.276 e. The van der Waals surface area contributed by atoms with Crippen molar-refractivity contribution in [2.24, 2.45) is 5.73 Å². The van der Waals surface area contributed by atoms with Crippen LogP contribution < -0.4 is 11.2 Å². The molecule has 2 aromatic rings. The molecule has 0 radical (unpaired) electrons. The summed E-state index contributed by atoms with van der Waals surface area (Å²) in [6, 6.07) is 6.09. The van der Waals surface area contributed by atoms with Crippen LogP contribution >= 0.6 is 0 Å². The third kappa shape index (κ3) is 3.17. The third-order valence-corrected chi connectivity index (χ3v) is 5.67. The monoisotopic (exact) mass is 400 g/mol. The first kappa shape index (κ1) is 19.1. The molecule has 2 aliphatic rings.